The van der Waals surface area contributed by atoms with Crippen LogP contribution in [0.25, 0.3) is 11.3 Å². The molecule has 0 bridgehead atoms. The molecule has 7 heteroatoms. The lowest BCUT2D eigenvalue weighted by Gasteiger charge is -2.07. The monoisotopic (exact) mass is 294 g/mol. The molecule has 0 unspecified atom stereocenters. The van der Waals surface area contributed by atoms with Crippen LogP contribution in [-0.2, 0) is 7.05 Å². The summed E-state index contributed by atoms with van der Waals surface area (Å²) in [6.07, 6.45) is 6.52. The molecule has 0 fully saturated rings. The highest BCUT2D eigenvalue weighted by atomic mass is 16.2. The van der Waals surface area contributed by atoms with Gasteiger partial charge in [-0.3, -0.25) is 9.48 Å². The first kappa shape index (κ1) is 13.9. The van der Waals surface area contributed by atoms with E-state index in [1.54, 1.807) is 36.4 Å². The molecule has 0 radical (unpaired) electrons. The Kier molecular flexibility index (Phi) is 3.61. The Morgan fingerprint density at radius 3 is 2.64 bits per heavy atom. The van der Waals surface area contributed by atoms with Crippen molar-refractivity contribution < 1.29 is 4.79 Å². The Bertz CT molecular complexity index is 812. The minimum atomic E-state index is -0.296. The zero-order valence-corrected chi connectivity index (χ0v) is 12.2. The van der Waals surface area contributed by atoms with Crippen LogP contribution in [0.2, 0.25) is 0 Å². The highest BCUT2D eigenvalue weighted by Gasteiger charge is 2.14. The number of anilines is 1. The fraction of sp³-hybridized carbons (Fsp3) is 0.133. The van der Waals surface area contributed by atoms with E-state index in [1.807, 2.05) is 19.1 Å². The summed E-state index contributed by atoms with van der Waals surface area (Å²) in [5.41, 5.74) is 2.55. The smallest absolute Gasteiger partial charge is 0.275 e. The van der Waals surface area contributed by atoms with Crippen molar-refractivity contribution in [3.8, 4) is 11.3 Å². The number of rotatable bonds is 3. The molecule has 3 rings (SSSR count). The van der Waals surface area contributed by atoms with Crippen LogP contribution in [0, 0.1) is 6.92 Å². The molecule has 22 heavy (non-hydrogen) atoms. The summed E-state index contributed by atoms with van der Waals surface area (Å²) in [5.74, 6) is 0.192. The van der Waals surface area contributed by atoms with Crippen molar-refractivity contribution in [2.24, 2.45) is 7.05 Å². The van der Waals surface area contributed by atoms with Gasteiger partial charge in [0, 0.05) is 37.3 Å². The molecule has 3 heterocycles. The van der Waals surface area contributed by atoms with Crippen molar-refractivity contribution in [2.45, 2.75) is 6.92 Å². The van der Waals surface area contributed by atoms with Gasteiger partial charge in [0.05, 0.1) is 5.69 Å². The molecule has 0 aliphatic heterocycles. The van der Waals surface area contributed by atoms with Gasteiger partial charge in [-0.2, -0.15) is 5.10 Å². The van der Waals surface area contributed by atoms with E-state index >= 15 is 0 Å². The largest absolute Gasteiger partial charge is 0.304 e. The standard InChI is InChI=1S/C15H14N6O/c1-10-3-4-12(11-7-16-9-17-8-11)18-14(10)15(22)19-13-5-6-21(2)20-13/h3-9H,1-2H3,(H,19,20,22). The average Bonchev–Trinajstić information content (AvgIpc) is 2.93. The molecule has 1 N–H and O–H groups in total. The summed E-state index contributed by atoms with van der Waals surface area (Å²) >= 11 is 0. The number of hydrogen-bond acceptors (Lipinski definition) is 5. The fourth-order valence-electron chi connectivity index (χ4n) is 2.01. The van der Waals surface area contributed by atoms with Gasteiger partial charge in [-0.25, -0.2) is 15.0 Å². The van der Waals surface area contributed by atoms with E-state index < -0.39 is 0 Å². The Morgan fingerprint density at radius 1 is 1.18 bits per heavy atom. The minimum absolute atomic E-state index is 0.296. The van der Waals surface area contributed by atoms with Gasteiger partial charge in [0.15, 0.2) is 5.82 Å². The van der Waals surface area contributed by atoms with Crippen molar-refractivity contribution in [1.82, 2.24) is 24.7 Å². The van der Waals surface area contributed by atoms with Gasteiger partial charge in [0.25, 0.3) is 5.91 Å². The molecule has 0 atom stereocenters. The third-order valence-corrected chi connectivity index (χ3v) is 3.12. The van der Waals surface area contributed by atoms with Crippen LogP contribution in [0.1, 0.15) is 16.1 Å². The molecule has 0 saturated carbocycles. The van der Waals surface area contributed by atoms with Gasteiger partial charge in [-0.1, -0.05) is 6.07 Å². The fourth-order valence-corrected chi connectivity index (χ4v) is 2.01. The molecular weight excluding hydrogens is 280 g/mol. The van der Waals surface area contributed by atoms with E-state index in [9.17, 15) is 4.79 Å². The third-order valence-electron chi connectivity index (χ3n) is 3.12. The van der Waals surface area contributed by atoms with Crippen molar-refractivity contribution in [3.05, 3.63) is 54.4 Å². The van der Waals surface area contributed by atoms with Crippen LogP contribution in [0.3, 0.4) is 0 Å². The number of pyridine rings is 1. The molecule has 0 spiro atoms. The molecule has 7 nitrogen and oxygen atoms in total. The third kappa shape index (κ3) is 2.83. The molecule has 110 valence electrons. The molecule has 0 aliphatic rings. The second-order valence-electron chi connectivity index (χ2n) is 4.82. The predicted molar refractivity (Wildman–Crippen MR) is 81.2 cm³/mol. The first-order valence-electron chi connectivity index (χ1n) is 6.67. The number of carbonyl (C=O) groups excluding carboxylic acids is 1. The molecule has 1 amide bonds. The predicted octanol–water partition coefficient (Wildman–Crippen LogP) is 1.83. The molecule has 0 aliphatic carbocycles. The number of nitrogens with one attached hydrogen (secondary N) is 1. The summed E-state index contributed by atoms with van der Waals surface area (Å²) in [4.78, 5) is 24.7. The lowest BCUT2D eigenvalue weighted by atomic mass is 10.1. The normalized spacial score (nSPS) is 10.5. The van der Waals surface area contributed by atoms with Crippen LogP contribution < -0.4 is 5.32 Å². The number of nitrogens with zero attached hydrogens (tertiary/aromatic N) is 5. The van der Waals surface area contributed by atoms with Crippen LogP contribution in [0.15, 0.2) is 43.1 Å². The maximum atomic E-state index is 12.4. The molecular formula is C15H14N6O. The van der Waals surface area contributed by atoms with E-state index in [0.717, 1.165) is 11.1 Å². The Hall–Kier alpha value is -3.09. The number of carbonyl (C=O) groups is 1. The van der Waals surface area contributed by atoms with Gasteiger partial charge >= 0.3 is 0 Å². The van der Waals surface area contributed by atoms with Crippen molar-refractivity contribution in [3.63, 3.8) is 0 Å². The number of aromatic nitrogens is 5. The van der Waals surface area contributed by atoms with Crippen LogP contribution in [-0.4, -0.2) is 30.6 Å². The number of aryl methyl sites for hydroxylation is 2. The molecule has 0 saturated heterocycles. The van der Waals surface area contributed by atoms with E-state index in [1.165, 1.54) is 6.33 Å². The average molecular weight is 294 g/mol. The van der Waals surface area contributed by atoms with E-state index in [-0.39, 0.29) is 5.91 Å². The summed E-state index contributed by atoms with van der Waals surface area (Å²) in [6.45, 7) is 1.84. The first-order valence-corrected chi connectivity index (χ1v) is 6.67. The molecule has 3 aromatic rings. The van der Waals surface area contributed by atoms with Crippen LogP contribution in [0.4, 0.5) is 5.82 Å². The topological polar surface area (TPSA) is 85.6 Å². The minimum Gasteiger partial charge on any atom is -0.304 e. The van der Waals surface area contributed by atoms with Crippen LogP contribution in [0.5, 0.6) is 0 Å². The number of hydrogen-bond donors (Lipinski definition) is 1. The molecule has 3 aromatic heterocycles. The van der Waals surface area contributed by atoms with Gasteiger partial charge in [0.2, 0.25) is 0 Å². The Balaban J connectivity index is 1.91. The van der Waals surface area contributed by atoms with Gasteiger partial charge < -0.3 is 5.32 Å². The van der Waals surface area contributed by atoms with Gasteiger partial charge in [0.1, 0.15) is 12.0 Å². The Labute approximate surface area is 127 Å². The lowest BCUT2D eigenvalue weighted by Crippen LogP contribution is -2.16. The summed E-state index contributed by atoms with van der Waals surface area (Å²) in [7, 11) is 1.79. The Morgan fingerprint density at radius 2 is 1.95 bits per heavy atom. The highest BCUT2D eigenvalue weighted by Crippen LogP contribution is 2.17. The van der Waals surface area contributed by atoms with Crippen LogP contribution >= 0.6 is 0 Å². The second kappa shape index (κ2) is 5.72. The van der Waals surface area contributed by atoms with E-state index in [0.29, 0.717) is 17.2 Å². The maximum Gasteiger partial charge on any atom is 0.275 e. The first-order chi connectivity index (χ1) is 10.6. The zero-order chi connectivity index (χ0) is 15.5. The van der Waals surface area contributed by atoms with E-state index in [2.05, 4.69) is 25.4 Å². The SMILES string of the molecule is Cc1ccc(-c2cncnc2)nc1C(=O)Nc1ccn(C)n1. The van der Waals surface area contributed by atoms with Gasteiger partial charge in [-0.15, -0.1) is 0 Å². The maximum absolute atomic E-state index is 12.4. The second-order valence-corrected chi connectivity index (χ2v) is 4.82. The highest BCUT2D eigenvalue weighted by molar-refractivity contribution is 6.03. The quantitative estimate of drug-likeness (QED) is 0.796. The van der Waals surface area contributed by atoms with Gasteiger partial charge in [-0.05, 0) is 18.6 Å². The lowest BCUT2D eigenvalue weighted by molar-refractivity contribution is 0.102. The molecule has 0 aromatic carbocycles. The van der Waals surface area contributed by atoms with E-state index in [4.69, 9.17) is 0 Å². The van der Waals surface area contributed by atoms with Crippen molar-refractivity contribution in [1.29, 1.82) is 0 Å². The zero-order valence-electron chi connectivity index (χ0n) is 12.2. The summed E-state index contributed by atoms with van der Waals surface area (Å²) in [6, 6.07) is 5.41. The summed E-state index contributed by atoms with van der Waals surface area (Å²) in [5, 5.41) is 6.86. The van der Waals surface area contributed by atoms with Crippen molar-refractivity contribution in [2.75, 3.05) is 5.32 Å². The summed E-state index contributed by atoms with van der Waals surface area (Å²) < 4.78 is 1.62. The number of amides is 1. The van der Waals surface area contributed by atoms with Crippen molar-refractivity contribution >= 4 is 11.7 Å².